The Morgan fingerprint density at radius 1 is 1.00 bits per heavy atom. The SMILES string of the molecule is C=CCOC(=O)NC(=NCCC[N+]12CCN(CC1)CC2)NC(=O)OCC=C. The first kappa shape index (κ1) is 20.9. The van der Waals surface area contributed by atoms with Crippen LogP contribution in [0, 0.1) is 0 Å². The van der Waals surface area contributed by atoms with Gasteiger partial charge in [-0.15, -0.1) is 0 Å². The van der Waals surface area contributed by atoms with E-state index in [2.05, 4.69) is 33.7 Å². The van der Waals surface area contributed by atoms with Crippen molar-refractivity contribution in [2.24, 2.45) is 4.99 Å². The molecular weight excluding hydrogens is 350 g/mol. The lowest BCUT2D eigenvalue weighted by Gasteiger charge is -2.50. The summed E-state index contributed by atoms with van der Waals surface area (Å²) in [5.41, 5.74) is 0. The molecule has 3 aliphatic heterocycles. The van der Waals surface area contributed by atoms with Crippen LogP contribution in [0.2, 0.25) is 0 Å². The number of carbonyl (C=O) groups is 2. The van der Waals surface area contributed by atoms with Crippen LogP contribution in [-0.4, -0.2) is 93.1 Å². The van der Waals surface area contributed by atoms with Gasteiger partial charge in [-0.3, -0.25) is 20.5 Å². The van der Waals surface area contributed by atoms with Crippen molar-refractivity contribution in [3.8, 4) is 0 Å². The van der Waals surface area contributed by atoms with Crippen molar-refractivity contribution in [3.05, 3.63) is 25.3 Å². The second-order valence-corrected chi connectivity index (χ2v) is 6.69. The van der Waals surface area contributed by atoms with Crippen molar-refractivity contribution in [3.63, 3.8) is 0 Å². The summed E-state index contributed by atoms with van der Waals surface area (Å²) >= 11 is 0. The molecule has 2 N–H and O–H groups in total. The number of piperazine rings is 3. The highest BCUT2D eigenvalue weighted by Crippen LogP contribution is 2.19. The van der Waals surface area contributed by atoms with Crippen molar-refractivity contribution in [1.29, 1.82) is 0 Å². The number of amides is 2. The van der Waals surface area contributed by atoms with Crippen molar-refractivity contribution in [2.75, 3.05) is 65.6 Å². The van der Waals surface area contributed by atoms with Crippen LogP contribution in [0.5, 0.6) is 0 Å². The molecule has 3 aliphatic rings. The molecule has 0 unspecified atom stereocenters. The molecule has 0 saturated carbocycles. The zero-order valence-electron chi connectivity index (χ0n) is 15.8. The monoisotopic (exact) mass is 380 g/mol. The summed E-state index contributed by atoms with van der Waals surface area (Å²) in [6, 6.07) is 0. The maximum Gasteiger partial charge on any atom is 0.414 e. The summed E-state index contributed by atoms with van der Waals surface area (Å²) in [5.74, 6) is 0.0154. The van der Waals surface area contributed by atoms with Gasteiger partial charge in [0.2, 0.25) is 5.96 Å². The predicted molar refractivity (Wildman–Crippen MR) is 102 cm³/mol. The van der Waals surface area contributed by atoms with E-state index in [-0.39, 0.29) is 19.2 Å². The molecule has 0 aromatic carbocycles. The fraction of sp³-hybridized carbons (Fsp3) is 0.611. The van der Waals surface area contributed by atoms with Crippen molar-refractivity contribution in [1.82, 2.24) is 15.5 Å². The Morgan fingerprint density at radius 2 is 1.52 bits per heavy atom. The van der Waals surface area contributed by atoms with Crippen LogP contribution in [0.1, 0.15) is 6.42 Å². The summed E-state index contributed by atoms with van der Waals surface area (Å²) in [5, 5.41) is 4.84. The van der Waals surface area contributed by atoms with Gasteiger partial charge in [0.25, 0.3) is 0 Å². The zero-order chi connectivity index (χ0) is 19.5. The number of guanidine groups is 1. The minimum absolute atomic E-state index is 0.0154. The highest BCUT2D eigenvalue weighted by Gasteiger charge is 2.37. The van der Waals surface area contributed by atoms with E-state index in [0.717, 1.165) is 17.4 Å². The van der Waals surface area contributed by atoms with Gasteiger partial charge >= 0.3 is 12.2 Å². The van der Waals surface area contributed by atoms with Crippen LogP contribution < -0.4 is 10.6 Å². The normalized spacial score (nSPS) is 23.0. The van der Waals surface area contributed by atoms with E-state index < -0.39 is 12.2 Å². The van der Waals surface area contributed by atoms with Gasteiger partial charge in [-0.05, 0) is 0 Å². The van der Waals surface area contributed by atoms with Gasteiger partial charge in [-0.25, -0.2) is 9.59 Å². The maximum atomic E-state index is 11.7. The number of rotatable bonds is 8. The van der Waals surface area contributed by atoms with Crippen LogP contribution in [0.3, 0.4) is 0 Å². The molecule has 3 fully saturated rings. The average Bonchev–Trinajstić information content (AvgIpc) is 2.69. The standard InChI is InChI=1S/C18H29N5O4/c1-3-14-26-17(24)20-16(21-18(25)27-15-4-2)19-6-5-10-23-11-7-22(8-12-23)9-13-23/h3-4H,1-2,5-15H2,(H-,19,20,21,24,25)/p+1. The molecule has 0 spiro atoms. The molecule has 3 saturated heterocycles. The number of fused-ring (bicyclic) bond motifs is 3. The number of hydrogen-bond acceptors (Lipinski definition) is 6. The van der Waals surface area contributed by atoms with Crippen LogP contribution in [0.25, 0.3) is 0 Å². The fourth-order valence-corrected chi connectivity index (χ4v) is 3.31. The summed E-state index contributed by atoms with van der Waals surface area (Å²) in [4.78, 5) is 30.2. The molecule has 0 aromatic heterocycles. The Kier molecular flexibility index (Phi) is 8.28. The van der Waals surface area contributed by atoms with Gasteiger partial charge < -0.3 is 14.0 Å². The number of aliphatic imine (C=N–C) groups is 1. The minimum atomic E-state index is -0.716. The smallest absolute Gasteiger partial charge is 0.414 e. The highest BCUT2D eigenvalue weighted by molar-refractivity contribution is 6.01. The number of nitrogens with one attached hydrogen (secondary N) is 2. The Morgan fingerprint density at radius 3 is 2.00 bits per heavy atom. The third kappa shape index (κ3) is 7.03. The summed E-state index contributed by atoms with van der Waals surface area (Å²) in [6.45, 7) is 15.7. The van der Waals surface area contributed by atoms with E-state index in [9.17, 15) is 9.59 Å². The van der Waals surface area contributed by atoms with E-state index in [1.165, 1.54) is 51.4 Å². The Hall–Kier alpha value is -2.39. The van der Waals surface area contributed by atoms with Gasteiger partial charge in [0.15, 0.2) is 0 Å². The molecule has 3 rings (SSSR count). The first-order chi connectivity index (χ1) is 13.1. The van der Waals surface area contributed by atoms with Gasteiger partial charge in [0.05, 0.1) is 26.2 Å². The second kappa shape index (κ2) is 10.7. The number of nitrogens with zero attached hydrogens (tertiary/aromatic N) is 3. The van der Waals surface area contributed by atoms with Gasteiger partial charge in [-0.2, -0.15) is 0 Å². The van der Waals surface area contributed by atoms with E-state index in [0.29, 0.717) is 6.54 Å². The third-order valence-electron chi connectivity index (χ3n) is 4.84. The summed E-state index contributed by atoms with van der Waals surface area (Å²) in [6.07, 6.45) is 2.35. The molecule has 2 bridgehead atoms. The van der Waals surface area contributed by atoms with Crippen LogP contribution >= 0.6 is 0 Å². The molecule has 0 radical (unpaired) electrons. The molecule has 3 heterocycles. The first-order valence-electron chi connectivity index (χ1n) is 9.28. The maximum absolute atomic E-state index is 11.7. The predicted octanol–water partition coefficient (Wildman–Crippen LogP) is 0.703. The molecular formula is C18H30N5O4+. The lowest BCUT2D eigenvalue weighted by Crippen LogP contribution is -2.67. The molecule has 0 aromatic rings. The van der Waals surface area contributed by atoms with Gasteiger partial charge in [0, 0.05) is 32.6 Å². The molecule has 150 valence electrons. The molecule has 0 atom stereocenters. The third-order valence-corrected chi connectivity index (χ3v) is 4.84. The van der Waals surface area contributed by atoms with Crippen molar-refractivity contribution >= 4 is 18.1 Å². The largest absolute Gasteiger partial charge is 0.445 e. The Bertz CT molecular complexity index is 528. The molecule has 9 nitrogen and oxygen atoms in total. The average molecular weight is 380 g/mol. The summed E-state index contributed by atoms with van der Waals surface area (Å²) in [7, 11) is 0. The van der Waals surface area contributed by atoms with Crippen LogP contribution in [0.4, 0.5) is 9.59 Å². The minimum Gasteiger partial charge on any atom is -0.445 e. The van der Waals surface area contributed by atoms with E-state index in [1.54, 1.807) is 0 Å². The Labute approximate surface area is 160 Å². The number of alkyl carbamates (subject to hydrolysis) is 2. The lowest BCUT2D eigenvalue weighted by atomic mass is 10.1. The van der Waals surface area contributed by atoms with Crippen LogP contribution in [0.15, 0.2) is 30.3 Å². The number of quaternary nitrogens is 1. The zero-order valence-corrected chi connectivity index (χ0v) is 15.8. The topological polar surface area (TPSA) is 92.3 Å². The molecule has 0 aliphatic carbocycles. The molecule has 9 heteroatoms. The first-order valence-corrected chi connectivity index (χ1v) is 9.28. The van der Waals surface area contributed by atoms with Gasteiger partial charge in [0.1, 0.15) is 13.2 Å². The number of carbonyl (C=O) groups excluding carboxylic acids is 2. The van der Waals surface area contributed by atoms with Gasteiger partial charge in [-0.1, -0.05) is 25.3 Å². The van der Waals surface area contributed by atoms with Crippen molar-refractivity contribution in [2.45, 2.75) is 6.42 Å². The van der Waals surface area contributed by atoms with Crippen molar-refractivity contribution < 1.29 is 23.5 Å². The van der Waals surface area contributed by atoms with E-state index >= 15 is 0 Å². The second-order valence-electron chi connectivity index (χ2n) is 6.69. The fourth-order valence-electron chi connectivity index (χ4n) is 3.31. The Balaban J connectivity index is 1.84. The van der Waals surface area contributed by atoms with E-state index in [1.807, 2.05) is 0 Å². The highest BCUT2D eigenvalue weighted by atomic mass is 16.6. The lowest BCUT2D eigenvalue weighted by molar-refractivity contribution is -0.941. The number of hydrogen-bond donors (Lipinski definition) is 2. The number of ether oxygens (including phenoxy) is 2. The quantitative estimate of drug-likeness (QED) is 0.213. The molecule has 27 heavy (non-hydrogen) atoms. The summed E-state index contributed by atoms with van der Waals surface area (Å²) < 4.78 is 10.9. The molecule has 2 amide bonds. The van der Waals surface area contributed by atoms with Crippen LogP contribution in [-0.2, 0) is 9.47 Å². The van der Waals surface area contributed by atoms with E-state index in [4.69, 9.17) is 9.47 Å².